The van der Waals surface area contributed by atoms with Crippen molar-refractivity contribution in [1.82, 2.24) is 10.2 Å². The van der Waals surface area contributed by atoms with Gasteiger partial charge in [-0.2, -0.15) is 0 Å². The molecular weight excluding hydrogens is 630 g/mol. The van der Waals surface area contributed by atoms with Crippen LogP contribution >= 0.6 is 27.5 Å². The van der Waals surface area contributed by atoms with Crippen LogP contribution in [0.4, 0.5) is 5.69 Å². The average molecular weight is 665 g/mol. The molecule has 0 heterocycles. The molecular formula is C30H35BrClN3O5S. The van der Waals surface area contributed by atoms with Crippen molar-refractivity contribution in [3.63, 3.8) is 0 Å². The second kappa shape index (κ2) is 14.7. The summed E-state index contributed by atoms with van der Waals surface area (Å²) in [5.74, 6) is -0.572. The van der Waals surface area contributed by atoms with Crippen molar-refractivity contribution in [2.45, 2.75) is 57.6 Å². The smallest absolute Gasteiger partial charge is 0.264 e. The molecule has 0 aromatic heterocycles. The number of ether oxygens (including phenoxy) is 1. The minimum Gasteiger partial charge on any atom is -0.492 e. The van der Waals surface area contributed by atoms with E-state index in [0.29, 0.717) is 17.4 Å². The maximum atomic E-state index is 14.1. The quantitative estimate of drug-likeness (QED) is 0.241. The van der Waals surface area contributed by atoms with Crippen molar-refractivity contribution in [2.24, 2.45) is 0 Å². The number of benzene rings is 3. The molecule has 3 rings (SSSR count). The van der Waals surface area contributed by atoms with Crippen LogP contribution in [0.2, 0.25) is 5.02 Å². The molecule has 220 valence electrons. The SMILES string of the molecule is CCOc1ccccc1N(CC(=O)N(Cc1ccc(Br)cc1)[C@H](C)C(=O)N[C@H](C)CC)S(=O)(=O)c1ccc(Cl)cc1. The molecule has 3 aromatic carbocycles. The molecule has 0 aliphatic heterocycles. The van der Waals surface area contributed by atoms with Gasteiger partial charge in [-0.1, -0.05) is 58.7 Å². The number of carbonyl (C=O) groups excluding carboxylic acids is 2. The molecule has 1 N–H and O–H groups in total. The fourth-order valence-corrected chi connectivity index (χ4v) is 5.84. The Labute approximate surface area is 255 Å². The second-order valence-corrected chi connectivity index (χ2v) is 12.7. The van der Waals surface area contributed by atoms with Crippen molar-refractivity contribution in [2.75, 3.05) is 17.5 Å². The highest BCUT2D eigenvalue weighted by atomic mass is 79.9. The van der Waals surface area contributed by atoms with Crippen LogP contribution in [0.25, 0.3) is 0 Å². The molecule has 0 bridgehead atoms. The van der Waals surface area contributed by atoms with Gasteiger partial charge in [0.25, 0.3) is 10.0 Å². The van der Waals surface area contributed by atoms with Crippen LogP contribution in [0.15, 0.2) is 82.2 Å². The minimum absolute atomic E-state index is 0.0389. The highest BCUT2D eigenvalue weighted by molar-refractivity contribution is 9.10. The summed E-state index contributed by atoms with van der Waals surface area (Å²) in [6.45, 7) is 7.10. The van der Waals surface area contributed by atoms with Crippen LogP contribution in [0.5, 0.6) is 5.75 Å². The van der Waals surface area contributed by atoms with Gasteiger partial charge in [0.05, 0.1) is 17.2 Å². The first-order valence-electron chi connectivity index (χ1n) is 13.3. The fourth-order valence-electron chi connectivity index (χ4n) is 4.02. The van der Waals surface area contributed by atoms with E-state index >= 15 is 0 Å². The summed E-state index contributed by atoms with van der Waals surface area (Å²) in [6.07, 6.45) is 0.723. The van der Waals surface area contributed by atoms with Crippen LogP contribution in [-0.2, 0) is 26.2 Å². The predicted molar refractivity (Wildman–Crippen MR) is 166 cm³/mol. The summed E-state index contributed by atoms with van der Waals surface area (Å²) in [5.41, 5.74) is 0.990. The van der Waals surface area contributed by atoms with E-state index in [-0.39, 0.29) is 29.1 Å². The normalized spacial score (nSPS) is 12.7. The molecule has 3 aromatic rings. The zero-order valence-electron chi connectivity index (χ0n) is 23.5. The van der Waals surface area contributed by atoms with Gasteiger partial charge in [0.15, 0.2) is 0 Å². The number of hydrogen-bond donors (Lipinski definition) is 1. The van der Waals surface area contributed by atoms with E-state index in [4.69, 9.17) is 16.3 Å². The minimum atomic E-state index is -4.25. The lowest BCUT2D eigenvalue weighted by molar-refractivity contribution is -0.139. The highest BCUT2D eigenvalue weighted by Gasteiger charge is 2.34. The van der Waals surface area contributed by atoms with Crippen LogP contribution in [-0.4, -0.2) is 50.4 Å². The van der Waals surface area contributed by atoms with Gasteiger partial charge in [-0.25, -0.2) is 8.42 Å². The average Bonchev–Trinajstić information content (AvgIpc) is 2.95. The van der Waals surface area contributed by atoms with Crippen molar-refractivity contribution >= 4 is 55.1 Å². The molecule has 0 unspecified atom stereocenters. The van der Waals surface area contributed by atoms with E-state index in [2.05, 4.69) is 21.2 Å². The molecule has 0 radical (unpaired) electrons. The lowest BCUT2D eigenvalue weighted by Gasteiger charge is -2.33. The molecule has 0 aliphatic carbocycles. The summed E-state index contributed by atoms with van der Waals surface area (Å²) >= 11 is 9.43. The second-order valence-electron chi connectivity index (χ2n) is 9.51. The number of anilines is 1. The van der Waals surface area contributed by atoms with Crippen LogP contribution in [0.3, 0.4) is 0 Å². The summed E-state index contributed by atoms with van der Waals surface area (Å²) < 4.78 is 35.7. The Morgan fingerprint density at radius 3 is 2.22 bits per heavy atom. The summed E-state index contributed by atoms with van der Waals surface area (Å²) in [5, 5.41) is 3.30. The summed E-state index contributed by atoms with van der Waals surface area (Å²) in [4.78, 5) is 28.6. The largest absolute Gasteiger partial charge is 0.492 e. The Hall–Kier alpha value is -3.08. The van der Waals surface area contributed by atoms with E-state index in [1.807, 2.05) is 38.1 Å². The maximum absolute atomic E-state index is 14.1. The third-order valence-corrected chi connectivity index (χ3v) is 9.10. The molecule has 0 fully saturated rings. The molecule has 0 spiro atoms. The van der Waals surface area contributed by atoms with Crippen molar-refractivity contribution in [1.29, 1.82) is 0 Å². The molecule has 8 nitrogen and oxygen atoms in total. The Bertz CT molecular complexity index is 1440. The lowest BCUT2D eigenvalue weighted by atomic mass is 10.1. The first-order valence-corrected chi connectivity index (χ1v) is 15.9. The Balaban J connectivity index is 2.07. The van der Waals surface area contributed by atoms with E-state index in [9.17, 15) is 18.0 Å². The highest BCUT2D eigenvalue weighted by Crippen LogP contribution is 2.33. The lowest BCUT2D eigenvalue weighted by Crippen LogP contribution is -2.52. The number of hydrogen-bond acceptors (Lipinski definition) is 5. The number of sulfonamides is 1. The Morgan fingerprint density at radius 2 is 1.61 bits per heavy atom. The van der Waals surface area contributed by atoms with E-state index in [1.54, 1.807) is 38.1 Å². The molecule has 11 heteroatoms. The van der Waals surface area contributed by atoms with Crippen LogP contribution < -0.4 is 14.4 Å². The van der Waals surface area contributed by atoms with Gasteiger partial charge in [-0.15, -0.1) is 0 Å². The summed E-state index contributed by atoms with van der Waals surface area (Å²) in [6, 6.07) is 18.8. The topological polar surface area (TPSA) is 96.0 Å². The molecule has 0 saturated heterocycles. The number of amides is 2. The number of carbonyl (C=O) groups is 2. The Morgan fingerprint density at radius 1 is 0.976 bits per heavy atom. The van der Waals surface area contributed by atoms with Gasteiger partial charge in [-0.3, -0.25) is 13.9 Å². The molecule has 41 heavy (non-hydrogen) atoms. The van der Waals surface area contributed by atoms with Crippen molar-refractivity contribution in [3.05, 3.63) is 87.9 Å². The third kappa shape index (κ3) is 8.47. The zero-order chi connectivity index (χ0) is 30.2. The van der Waals surface area contributed by atoms with Gasteiger partial charge in [-0.05, 0) is 81.3 Å². The Kier molecular flexibility index (Phi) is 11.6. The van der Waals surface area contributed by atoms with Crippen molar-refractivity contribution < 1.29 is 22.7 Å². The summed E-state index contributed by atoms with van der Waals surface area (Å²) in [7, 11) is -4.25. The monoisotopic (exact) mass is 663 g/mol. The van der Waals surface area contributed by atoms with Gasteiger partial charge in [0.2, 0.25) is 11.8 Å². The van der Waals surface area contributed by atoms with Gasteiger partial charge in [0.1, 0.15) is 18.3 Å². The van der Waals surface area contributed by atoms with Gasteiger partial charge >= 0.3 is 0 Å². The maximum Gasteiger partial charge on any atom is 0.264 e. The van der Waals surface area contributed by atoms with Gasteiger partial charge < -0.3 is 15.0 Å². The molecule has 2 amide bonds. The van der Waals surface area contributed by atoms with Crippen LogP contribution in [0.1, 0.15) is 39.7 Å². The first kappa shape index (κ1) is 32.4. The number of rotatable bonds is 13. The fraction of sp³-hybridized carbons (Fsp3) is 0.333. The van der Waals surface area contributed by atoms with Crippen LogP contribution in [0, 0.1) is 0 Å². The van der Waals surface area contributed by atoms with E-state index in [1.165, 1.54) is 29.2 Å². The molecule has 2 atom stereocenters. The first-order chi connectivity index (χ1) is 19.5. The standard InChI is InChI=1S/C30H35BrClN3O5S/c1-5-21(3)33-30(37)22(4)34(19-23-11-13-24(31)14-12-23)29(36)20-35(27-9-7-8-10-28(27)40-6-2)41(38,39)26-17-15-25(32)16-18-26/h7-18,21-22H,5-6,19-20H2,1-4H3,(H,33,37)/t21-,22-/m1/s1. The molecule has 0 aliphatic rings. The van der Waals surface area contributed by atoms with Crippen molar-refractivity contribution in [3.8, 4) is 5.75 Å². The number of para-hydroxylation sites is 2. The molecule has 0 saturated carbocycles. The third-order valence-electron chi connectivity index (χ3n) is 6.55. The van der Waals surface area contributed by atoms with E-state index in [0.717, 1.165) is 20.8 Å². The zero-order valence-corrected chi connectivity index (χ0v) is 26.7. The number of halogens is 2. The number of nitrogens with zero attached hydrogens (tertiary/aromatic N) is 2. The van der Waals surface area contributed by atoms with E-state index < -0.39 is 28.5 Å². The number of nitrogens with one attached hydrogen (secondary N) is 1. The van der Waals surface area contributed by atoms with Gasteiger partial charge in [0, 0.05) is 22.1 Å². The predicted octanol–water partition coefficient (Wildman–Crippen LogP) is 6.03.